The van der Waals surface area contributed by atoms with Gasteiger partial charge in [0.1, 0.15) is 5.75 Å². The molecule has 0 amide bonds. The van der Waals surface area contributed by atoms with E-state index < -0.39 is 0 Å². The molecule has 2 aromatic rings. The number of hydrogen-bond donors (Lipinski definition) is 0. The summed E-state index contributed by atoms with van der Waals surface area (Å²) >= 11 is 0. The van der Waals surface area contributed by atoms with E-state index in [1.807, 2.05) is 12.1 Å². The summed E-state index contributed by atoms with van der Waals surface area (Å²) in [5, 5.41) is 0. The Morgan fingerprint density at radius 1 is 1.12 bits per heavy atom. The molecule has 0 aliphatic carbocycles. The third-order valence-electron chi connectivity index (χ3n) is 1.95. The third kappa shape index (κ3) is 2.23. The van der Waals surface area contributed by atoms with E-state index >= 15 is 0 Å². The van der Waals surface area contributed by atoms with Crippen molar-refractivity contribution in [3.05, 3.63) is 42.7 Å². The molecule has 1 heterocycles. The minimum Gasteiger partial charge on any atom is -0.426 e. The Balaban J connectivity index is 2.44. The van der Waals surface area contributed by atoms with E-state index in [0.29, 0.717) is 17.1 Å². The molecule has 0 N–H and O–H groups in total. The van der Waals surface area contributed by atoms with Crippen molar-refractivity contribution < 1.29 is 9.53 Å². The van der Waals surface area contributed by atoms with Crippen LogP contribution < -0.4 is 4.74 Å². The standard InChI is InChI=1S/C12H10N2O2/c1-9(15)16-11-6-3-2-5-10(11)12-13-7-4-8-14-12/h2-8H,1H3. The van der Waals surface area contributed by atoms with Gasteiger partial charge >= 0.3 is 5.97 Å². The molecular weight excluding hydrogens is 204 g/mol. The van der Waals surface area contributed by atoms with Crippen LogP contribution in [0, 0.1) is 0 Å². The van der Waals surface area contributed by atoms with Crippen LogP contribution in [0.1, 0.15) is 6.92 Å². The maximum absolute atomic E-state index is 10.9. The summed E-state index contributed by atoms with van der Waals surface area (Å²) in [5.74, 6) is 0.656. The molecule has 0 saturated carbocycles. The highest BCUT2D eigenvalue weighted by Gasteiger charge is 2.09. The van der Waals surface area contributed by atoms with Crippen LogP contribution in [0.4, 0.5) is 0 Å². The minimum atomic E-state index is -0.358. The predicted molar refractivity (Wildman–Crippen MR) is 58.8 cm³/mol. The number of esters is 1. The highest BCUT2D eigenvalue weighted by atomic mass is 16.5. The van der Waals surface area contributed by atoms with E-state index in [2.05, 4.69) is 9.97 Å². The van der Waals surface area contributed by atoms with Gasteiger partial charge in [-0.3, -0.25) is 4.79 Å². The van der Waals surface area contributed by atoms with Crippen molar-refractivity contribution in [3.8, 4) is 17.1 Å². The lowest BCUT2D eigenvalue weighted by atomic mass is 10.2. The van der Waals surface area contributed by atoms with Crippen LogP contribution in [-0.4, -0.2) is 15.9 Å². The van der Waals surface area contributed by atoms with Crippen LogP contribution in [-0.2, 0) is 4.79 Å². The molecule has 0 radical (unpaired) electrons. The van der Waals surface area contributed by atoms with Crippen LogP contribution in [0.2, 0.25) is 0 Å². The van der Waals surface area contributed by atoms with Gasteiger partial charge in [0.25, 0.3) is 0 Å². The maximum atomic E-state index is 10.9. The van der Waals surface area contributed by atoms with Crippen molar-refractivity contribution in [1.82, 2.24) is 9.97 Å². The number of carbonyl (C=O) groups is 1. The molecule has 1 aromatic carbocycles. The van der Waals surface area contributed by atoms with Gasteiger partial charge in [-0.1, -0.05) is 12.1 Å². The molecule has 0 atom stereocenters. The average molecular weight is 214 g/mol. The molecule has 0 saturated heterocycles. The van der Waals surface area contributed by atoms with Crippen molar-refractivity contribution >= 4 is 5.97 Å². The quantitative estimate of drug-likeness (QED) is 0.567. The van der Waals surface area contributed by atoms with E-state index in [9.17, 15) is 4.79 Å². The number of rotatable bonds is 2. The maximum Gasteiger partial charge on any atom is 0.308 e. The van der Waals surface area contributed by atoms with E-state index in [4.69, 9.17) is 4.74 Å². The number of ether oxygens (including phenoxy) is 1. The first-order valence-corrected chi connectivity index (χ1v) is 4.82. The molecule has 0 aliphatic heterocycles. The van der Waals surface area contributed by atoms with E-state index in [1.54, 1.807) is 30.6 Å². The van der Waals surface area contributed by atoms with Gasteiger partial charge in [0, 0.05) is 19.3 Å². The van der Waals surface area contributed by atoms with Crippen molar-refractivity contribution in [3.63, 3.8) is 0 Å². The second-order valence-corrected chi connectivity index (χ2v) is 3.16. The predicted octanol–water partition coefficient (Wildman–Crippen LogP) is 2.07. The first-order valence-electron chi connectivity index (χ1n) is 4.82. The number of para-hydroxylation sites is 1. The Morgan fingerprint density at radius 3 is 2.50 bits per heavy atom. The highest BCUT2D eigenvalue weighted by molar-refractivity contribution is 5.74. The molecule has 2 rings (SSSR count). The van der Waals surface area contributed by atoms with Crippen LogP contribution in [0.5, 0.6) is 5.75 Å². The van der Waals surface area contributed by atoms with E-state index in [1.165, 1.54) is 6.92 Å². The van der Waals surface area contributed by atoms with Gasteiger partial charge in [-0.15, -0.1) is 0 Å². The van der Waals surface area contributed by atoms with Crippen LogP contribution in [0.3, 0.4) is 0 Å². The lowest BCUT2D eigenvalue weighted by molar-refractivity contribution is -0.131. The Labute approximate surface area is 92.9 Å². The van der Waals surface area contributed by atoms with Gasteiger partial charge in [0.05, 0.1) is 5.56 Å². The molecule has 16 heavy (non-hydrogen) atoms. The zero-order valence-electron chi connectivity index (χ0n) is 8.75. The Kier molecular flexibility index (Phi) is 2.91. The lowest BCUT2D eigenvalue weighted by Gasteiger charge is -2.06. The molecule has 1 aromatic heterocycles. The second kappa shape index (κ2) is 4.53. The smallest absolute Gasteiger partial charge is 0.308 e. The van der Waals surface area contributed by atoms with Crippen molar-refractivity contribution in [2.24, 2.45) is 0 Å². The molecule has 80 valence electrons. The summed E-state index contributed by atoms with van der Waals surface area (Å²) in [4.78, 5) is 19.2. The Hall–Kier alpha value is -2.23. The molecule has 4 heteroatoms. The highest BCUT2D eigenvalue weighted by Crippen LogP contribution is 2.26. The summed E-state index contributed by atoms with van der Waals surface area (Å²) < 4.78 is 5.08. The number of carbonyl (C=O) groups excluding carboxylic acids is 1. The number of nitrogens with zero attached hydrogens (tertiary/aromatic N) is 2. The molecule has 0 aliphatic rings. The van der Waals surface area contributed by atoms with Gasteiger partial charge in [0.15, 0.2) is 5.82 Å². The fraction of sp³-hybridized carbons (Fsp3) is 0.0833. The molecule has 0 fully saturated rings. The van der Waals surface area contributed by atoms with Gasteiger partial charge < -0.3 is 4.74 Å². The van der Waals surface area contributed by atoms with Gasteiger partial charge in [-0.05, 0) is 18.2 Å². The van der Waals surface area contributed by atoms with Gasteiger partial charge in [0.2, 0.25) is 0 Å². The zero-order chi connectivity index (χ0) is 11.4. The fourth-order valence-electron chi connectivity index (χ4n) is 1.33. The largest absolute Gasteiger partial charge is 0.426 e. The summed E-state index contributed by atoms with van der Waals surface area (Å²) in [7, 11) is 0. The topological polar surface area (TPSA) is 52.1 Å². The summed E-state index contributed by atoms with van der Waals surface area (Å²) in [6, 6.07) is 8.90. The number of aromatic nitrogens is 2. The summed E-state index contributed by atoms with van der Waals surface area (Å²) in [5.41, 5.74) is 0.707. The zero-order valence-corrected chi connectivity index (χ0v) is 8.75. The van der Waals surface area contributed by atoms with E-state index in [-0.39, 0.29) is 5.97 Å². The minimum absolute atomic E-state index is 0.358. The first-order chi connectivity index (χ1) is 7.77. The Morgan fingerprint density at radius 2 is 1.81 bits per heavy atom. The van der Waals surface area contributed by atoms with E-state index in [0.717, 1.165) is 0 Å². The van der Waals surface area contributed by atoms with Gasteiger partial charge in [-0.2, -0.15) is 0 Å². The Bertz CT molecular complexity index is 497. The molecule has 0 spiro atoms. The molecule has 0 bridgehead atoms. The molecule has 4 nitrogen and oxygen atoms in total. The number of hydrogen-bond acceptors (Lipinski definition) is 4. The first kappa shape index (κ1) is 10.3. The van der Waals surface area contributed by atoms with Crippen LogP contribution >= 0.6 is 0 Å². The van der Waals surface area contributed by atoms with Crippen molar-refractivity contribution in [1.29, 1.82) is 0 Å². The summed E-state index contributed by atoms with van der Waals surface area (Å²) in [6.45, 7) is 1.36. The van der Waals surface area contributed by atoms with Gasteiger partial charge in [-0.25, -0.2) is 9.97 Å². The molecular formula is C12H10N2O2. The van der Waals surface area contributed by atoms with Crippen molar-refractivity contribution in [2.75, 3.05) is 0 Å². The normalized spacial score (nSPS) is 9.81. The molecule has 0 unspecified atom stereocenters. The summed E-state index contributed by atoms with van der Waals surface area (Å²) in [6.07, 6.45) is 3.29. The number of benzene rings is 1. The van der Waals surface area contributed by atoms with Crippen LogP contribution in [0.15, 0.2) is 42.7 Å². The third-order valence-corrected chi connectivity index (χ3v) is 1.95. The van der Waals surface area contributed by atoms with Crippen molar-refractivity contribution in [2.45, 2.75) is 6.92 Å². The van der Waals surface area contributed by atoms with Crippen LogP contribution in [0.25, 0.3) is 11.4 Å². The lowest BCUT2D eigenvalue weighted by Crippen LogP contribution is -2.03. The monoisotopic (exact) mass is 214 g/mol. The second-order valence-electron chi connectivity index (χ2n) is 3.16. The average Bonchev–Trinajstić information content (AvgIpc) is 2.30. The SMILES string of the molecule is CC(=O)Oc1ccccc1-c1ncccn1. The fourth-order valence-corrected chi connectivity index (χ4v) is 1.33.